The third-order valence-corrected chi connectivity index (χ3v) is 6.14. The molecule has 3 aliphatic rings. The van der Waals surface area contributed by atoms with Gasteiger partial charge in [-0.25, -0.2) is 9.59 Å². The zero-order valence-corrected chi connectivity index (χ0v) is 14.8. The van der Waals surface area contributed by atoms with Crippen molar-refractivity contribution in [3.8, 4) is 0 Å². The molecule has 0 aromatic rings. The monoisotopic (exact) mass is 337 g/mol. The highest BCUT2D eigenvalue weighted by atomic mass is 16.5. The second-order valence-corrected chi connectivity index (χ2v) is 7.66. The summed E-state index contributed by atoms with van der Waals surface area (Å²) in [5.74, 6) is 1.73. The topological polar surface area (TPSA) is 70.7 Å². The lowest BCUT2D eigenvalue weighted by molar-refractivity contribution is 0.110. The molecule has 6 heteroatoms. The van der Waals surface area contributed by atoms with Crippen LogP contribution in [0.1, 0.15) is 57.8 Å². The van der Waals surface area contributed by atoms with E-state index in [0.717, 1.165) is 37.5 Å². The summed E-state index contributed by atoms with van der Waals surface area (Å²) < 4.78 is 4.74. The summed E-state index contributed by atoms with van der Waals surface area (Å²) in [6, 6.07) is 0.446. The number of amides is 3. The van der Waals surface area contributed by atoms with Crippen molar-refractivity contribution in [3.63, 3.8) is 0 Å². The van der Waals surface area contributed by atoms with Gasteiger partial charge in [0.05, 0.1) is 7.11 Å². The number of piperidine rings is 1. The van der Waals surface area contributed by atoms with Gasteiger partial charge in [-0.3, -0.25) is 0 Å². The second-order valence-electron chi connectivity index (χ2n) is 7.66. The smallest absolute Gasteiger partial charge is 0.409 e. The predicted molar refractivity (Wildman–Crippen MR) is 91.8 cm³/mol. The van der Waals surface area contributed by atoms with Gasteiger partial charge in [0, 0.05) is 25.2 Å². The van der Waals surface area contributed by atoms with E-state index in [4.69, 9.17) is 4.74 Å². The quantitative estimate of drug-likeness (QED) is 0.814. The predicted octanol–water partition coefficient (Wildman–Crippen LogP) is 2.88. The Morgan fingerprint density at radius 1 is 0.875 bits per heavy atom. The van der Waals surface area contributed by atoms with Crippen molar-refractivity contribution in [2.24, 2.45) is 11.8 Å². The highest BCUT2D eigenvalue weighted by molar-refractivity contribution is 5.74. The fourth-order valence-corrected chi connectivity index (χ4v) is 4.75. The maximum atomic E-state index is 12.3. The molecular weight excluding hydrogens is 306 g/mol. The molecule has 3 rings (SSSR count). The summed E-state index contributed by atoms with van der Waals surface area (Å²) in [5, 5.41) is 6.28. The molecule has 2 aliphatic carbocycles. The van der Waals surface area contributed by atoms with Gasteiger partial charge in [-0.2, -0.15) is 0 Å². The first kappa shape index (κ1) is 17.4. The molecule has 1 heterocycles. The zero-order valence-electron chi connectivity index (χ0n) is 14.8. The van der Waals surface area contributed by atoms with Crippen LogP contribution >= 0.6 is 0 Å². The number of urea groups is 1. The van der Waals surface area contributed by atoms with Crippen LogP contribution in [-0.4, -0.2) is 49.3 Å². The van der Waals surface area contributed by atoms with Gasteiger partial charge in [-0.1, -0.05) is 25.7 Å². The number of methoxy groups -OCH3 is 1. The lowest BCUT2D eigenvalue weighted by atomic mass is 9.69. The van der Waals surface area contributed by atoms with Crippen LogP contribution in [0.25, 0.3) is 0 Å². The molecule has 1 aliphatic heterocycles. The first-order valence-corrected chi connectivity index (χ1v) is 9.55. The summed E-state index contributed by atoms with van der Waals surface area (Å²) in [6.07, 6.45) is 10.3. The number of carbonyl (C=O) groups excluding carboxylic acids is 2. The minimum atomic E-state index is -0.276. The van der Waals surface area contributed by atoms with Crippen molar-refractivity contribution in [1.82, 2.24) is 15.5 Å². The maximum absolute atomic E-state index is 12.3. The van der Waals surface area contributed by atoms with Crippen molar-refractivity contribution in [1.29, 1.82) is 0 Å². The van der Waals surface area contributed by atoms with Crippen LogP contribution in [-0.2, 0) is 4.74 Å². The minimum absolute atomic E-state index is 0.0363. The van der Waals surface area contributed by atoms with Crippen LogP contribution in [0.4, 0.5) is 9.59 Å². The highest BCUT2D eigenvalue weighted by Gasteiger charge is 2.33. The van der Waals surface area contributed by atoms with Crippen LogP contribution in [0.3, 0.4) is 0 Å². The van der Waals surface area contributed by atoms with E-state index >= 15 is 0 Å². The maximum Gasteiger partial charge on any atom is 0.409 e. The van der Waals surface area contributed by atoms with E-state index < -0.39 is 0 Å². The Morgan fingerprint density at radius 2 is 1.54 bits per heavy atom. The van der Waals surface area contributed by atoms with Gasteiger partial charge in [0.15, 0.2) is 0 Å². The Kier molecular flexibility index (Phi) is 5.85. The molecule has 2 saturated carbocycles. The largest absolute Gasteiger partial charge is 0.453 e. The molecular formula is C18H31N3O3. The van der Waals surface area contributed by atoms with E-state index in [2.05, 4.69) is 10.6 Å². The van der Waals surface area contributed by atoms with Crippen molar-refractivity contribution in [3.05, 3.63) is 0 Å². The van der Waals surface area contributed by atoms with Gasteiger partial charge in [0.1, 0.15) is 0 Å². The van der Waals surface area contributed by atoms with Gasteiger partial charge in [0.25, 0.3) is 0 Å². The number of rotatable bonds is 2. The van der Waals surface area contributed by atoms with Crippen LogP contribution in [0.2, 0.25) is 0 Å². The standard InChI is InChI=1S/C18H31N3O3/c1-24-18(23)21-10-8-15(9-11-21)19-17(22)20-16-7-6-13-4-2-3-5-14(13)12-16/h13-16H,2-12H2,1H3,(H2,19,20,22)/t13-,14+,16+/m0/s1. The van der Waals surface area contributed by atoms with Gasteiger partial charge in [-0.15, -0.1) is 0 Å². The average Bonchev–Trinajstić information content (AvgIpc) is 2.61. The van der Waals surface area contributed by atoms with E-state index in [1.807, 2.05) is 0 Å². The van der Waals surface area contributed by atoms with E-state index in [9.17, 15) is 9.59 Å². The zero-order chi connectivity index (χ0) is 16.9. The van der Waals surface area contributed by atoms with Gasteiger partial charge in [0.2, 0.25) is 0 Å². The molecule has 0 aromatic heterocycles. The molecule has 0 aromatic carbocycles. The Bertz CT molecular complexity index is 449. The summed E-state index contributed by atoms with van der Waals surface area (Å²) in [7, 11) is 1.40. The van der Waals surface area contributed by atoms with Crippen LogP contribution in [0, 0.1) is 11.8 Å². The van der Waals surface area contributed by atoms with Crippen LogP contribution in [0.5, 0.6) is 0 Å². The summed E-state index contributed by atoms with van der Waals surface area (Å²) >= 11 is 0. The molecule has 6 nitrogen and oxygen atoms in total. The third-order valence-electron chi connectivity index (χ3n) is 6.14. The molecule has 2 N–H and O–H groups in total. The molecule has 136 valence electrons. The van der Waals surface area contributed by atoms with E-state index in [1.165, 1.54) is 39.2 Å². The first-order chi connectivity index (χ1) is 11.7. The molecule has 0 bridgehead atoms. The summed E-state index contributed by atoms with van der Waals surface area (Å²) in [5.41, 5.74) is 0. The van der Waals surface area contributed by atoms with Crippen molar-refractivity contribution >= 4 is 12.1 Å². The van der Waals surface area contributed by atoms with Crippen molar-refractivity contribution in [2.45, 2.75) is 69.9 Å². The number of fused-ring (bicyclic) bond motifs is 1. The average molecular weight is 337 g/mol. The molecule has 0 radical (unpaired) electrons. The molecule has 1 saturated heterocycles. The van der Waals surface area contributed by atoms with E-state index in [0.29, 0.717) is 19.1 Å². The summed E-state index contributed by atoms with van der Waals surface area (Å²) in [6.45, 7) is 1.29. The van der Waals surface area contributed by atoms with Gasteiger partial charge in [-0.05, 0) is 43.9 Å². The number of nitrogens with one attached hydrogen (secondary N) is 2. The van der Waals surface area contributed by atoms with Crippen molar-refractivity contribution in [2.75, 3.05) is 20.2 Å². The van der Waals surface area contributed by atoms with Gasteiger partial charge >= 0.3 is 12.1 Å². The Labute approximate surface area is 144 Å². The second kappa shape index (κ2) is 8.08. The SMILES string of the molecule is COC(=O)N1CCC(NC(=O)N[C@@H]2CC[C@@H]3CCCC[C@@H]3C2)CC1. The lowest BCUT2D eigenvalue weighted by Crippen LogP contribution is -2.52. The van der Waals surface area contributed by atoms with Gasteiger partial charge < -0.3 is 20.3 Å². The van der Waals surface area contributed by atoms with Crippen molar-refractivity contribution < 1.29 is 14.3 Å². The number of nitrogens with zero attached hydrogens (tertiary/aromatic N) is 1. The third kappa shape index (κ3) is 4.33. The Morgan fingerprint density at radius 3 is 2.25 bits per heavy atom. The number of hydrogen-bond acceptors (Lipinski definition) is 3. The van der Waals surface area contributed by atoms with E-state index in [1.54, 1.807) is 4.90 Å². The Balaban J connectivity index is 1.38. The number of carbonyl (C=O) groups is 2. The number of hydrogen-bond donors (Lipinski definition) is 2. The normalized spacial score (nSPS) is 31.0. The van der Waals surface area contributed by atoms with Crippen LogP contribution < -0.4 is 10.6 Å². The molecule has 3 atom stereocenters. The lowest BCUT2D eigenvalue weighted by Gasteiger charge is -2.39. The molecule has 3 fully saturated rings. The molecule has 0 spiro atoms. The first-order valence-electron chi connectivity index (χ1n) is 9.55. The highest BCUT2D eigenvalue weighted by Crippen LogP contribution is 2.40. The fourth-order valence-electron chi connectivity index (χ4n) is 4.75. The molecule has 0 unspecified atom stereocenters. The molecule has 24 heavy (non-hydrogen) atoms. The minimum Gasteiger partial charge on any atom is -0.453 e. The Hall–Kier alpha value is -1.46. The van der Waals surface area contributed by atoms with E-state index in [-0.39, 0.29) is 18.2 Å². The number of likely N-dealkylation sites (tertiary alicyclic amines) is 1. The molecule has 3 amide bonds. The fraction of sp³-hybridized carbons (Fsp3) is 0.889. The van der Waals surface area contributed by atoms with Crippen LogP contribution in [0.15, 0.2) is 0 Å². The number of ether oxygens (including phenoxy) is 1. The summed E-state index contributed by atoms with van der Waals surface area (Å²) in [4.78, 5) is 25.5.